The number of carbonyl (C=O) groups is 2. The highest BCUT2D eigenvalue weighted by atomic mass is 16.6. The van der Waals surface area contributed by atoms with Crippen LogP contribution >= 0.6 is 0 Å². The molecule has 0 saturated heterocycles. The fourth-order valence-electron chi connectivity index (χ4n) is 4.09. The van der Waals surface area contributed by atoms with Crippen molar-refractivity contribution < 1.29 is 14.3 Å². The second-order valence-electron chi connectivity index (χ2n) is 8.42. The molecule has 1 atom stereocenters. The molecule has 4 aliphatic carbocycles. The lowest BCUT2D eigenvalue weighted by Gasteiger charge is -2.62. The second-order valence-corrected chi connectivity index (χ2v) is 8.42. The third-order valence-electron chi connectivity index (χ3n) is 5.25. The largest absolute Gasteiger partial charge is 0.444 e. The van der Waals surface area contributed by atoms with Crippen LogP contribution in [0.5, 0.6) is 0 Å². The monoisotopic (exact) mass is 308 g/mol. The Hall–Kier alpha value is -1.26. The van der Waals surface area contributed by atoms with Crippen molar-refractivity contribution in [2.45, 2.75) is 82.9 Å². The first kappa shape index (κ1) is 15.6. The van der Waals surface area contributed by atoms with Crippen LogP contribution in [-0.4, -0.2) is 29.2 Å². The molecule has 4 rings (SSSR count). The summed E-state index contributed by atoms with van der Waals surface area (Å²) in [6.07, 6.45) is 7.13. The Labute approximate surface area is 132 Å². The van der Waals surface area contributed by atoms with Crippen LogP contribution in [0.25, 0.3) is 0 Å². The van der Waals surface area contributed by atoms with Crippen LogP contribution in [0.15, 0.2) is 0 Å². The summed E-state index contributed by atoms with van der Waals surface area (Å²) in [4.78, 5) is 24.8. The molecule has 5 nitrogen and oxygen atoms in total. The molecule has 2 bridgehead atoms. The lowest BCUT2D eigenvalue weighted by Crippen LogP contribution is -2.70. The molecule has 0 aliphatic heterocycles. The molecule has 4 saturated carbocycles. The molecule has 0 aromatic carbocycles. The maximum Gasteiger partial charge on any atom is 0.408 e. The number of nitrogens with one attached hydrogen (secondary N) is 2. The average Bonchev–Trinajstić information content (AvgIpc) is 2.80. The number of ether oxygens (including phenoxy) is 1. The van der Waals surface area contributed by atoms with Gasteiger partial charge in [-0.15, -0.1) is 0 Å². The van der Waals surface area contributed by atoms with Crippen LogP contribution in [0, 0.1) is 11.8 Å². The second kappa shape index (κ2) is 5.43. The summed E-state index contributed by atoms with van der Waals surface area (Å²) >= 11 is 0. The molecule has 124 valence electrons. The van der Waals surface area contributed by atoms with Crippen LogP contribution in [0.1, 0.15) is 65.7 Å². The lowest BCUT2D eigenvalue weighted by molar-refractivity contribution is -0.136. The number of rotatable bonds is 4. The van der Waals surface area contributed by atoms with Crippen LogP contribution in [0.4, 0.5) is 4.79 Å². The Morgan fingerprint density at radius 3 is 2.18 bits per heavy atom. The van der Waals surface area contributed by atoms with Gasteiger partial charge in [0.2, 0.25) is 5.91 Å². The fourth-order valence-corrected chi connectivity index (χ4v) is 4.09. The Morgan fingerprint density at radius 2 is 1.73 bits per heavy atom. The summed E-state index contributed by atoms with van der Waals surface area (Å²) < 4.78 is 5.33. The Kier molecular flexibility index (Phi) is 3.86. The van der Waals surface area contributed by atoms with Gasteiger partial charge in [0.25, 0.3) is 0 Å². The number of hydrogen-bond donors (Lipinski definition) is 2. The maximum atomic E-state index is 12.7. The first-order valence-corrected chi connectivity index (χ1v) is 8.58. The minimum absolute atomic E-state index is 0.0177. The summed E-state index contributed by atoms with van der Waals surface area (Å²) in [6.45, 7) is 5.50. The van der Waals surface area contributed by atoms with E-state index in [1.54, 1.807) is 0 Å². The minimum Gasteiger partial charge on any atom is -0.444 e. The standard InChI is InChI=1S/C17H28N2O3/c1-16(2,3)22-15(21)18-13(12-6-4-5-7-12)14(20)19-17-8-11(9-17)10-17/h11-13H,4-10H2,1-3H3,(H,18,21)(H,19,20)/t11?,13-,17?/m0/s1. The highest BCUT2D eigenvalue weighted by Gasteiger charge is 2.58. The van der Waals surface area contributed by atoms with Crippen LogP contribution in [-0.2, 0) is 9.53 Å². The van der Waals surface area contributed by atoms with E-state index < -0.39 is 17.7 Å². The molecule has 0 aromatic heterocycles. The highest BCUT2D eigenvalue weighted by molar-refractivity contribution is 5.87. The van der Waals surface area contributed by atoms with Crippen molar-refractivity contribution >= 4 is 12.0 Å². The number of carbonyl (C=O) groups excluding carboxylic acids is 2. The van der Waals surface area contributed by atoms with E-state index >= 15 is 0 Å². The van der Waals surface area contributed by atoms with Gasteiger partial charge >= 0.3 is 6.09 Å². The van der Waals surface area contributed by atoms with Crippen molar-refractivity contribution in [2.24, 2.45) is 11.8 Å². The van der Waals surface area contributed by atoms with Crippen molar-refractivity contribution in [2.75, 3.05) is 0 Å². The van der Waals surface area contributed by atoms with Gasteiger partial charge in [0.05, 0.1) is 0 Å². The average molecular weight is 308 g/mol. The van der Waals surface area contributed by atoms with Crippen molar-refractivity contribution in [3.63, 3.8) is 0 Å². The summed E-state index contributed by atoms with van der Waals surface area (Å²) in [5.74, 6) is 1.04. The van der Waals surface area contributed by atoms with Gasteiger partial charge in [-0.05, 0) is 64.7 Å². The van der Waals surface area contributed by atoms with Crippen molar-refractivity contribution in [3.8, 4) is 0 Å². The maximum absolute atomic E-state index is 12.7. The molecule has 4 fully saturated rings. The third-order valence-corrected chi connectivity index (χ3v) is 5.25. The molecule has 2 amide bonds. The van der Waals surface area contributed by atoms with E-state index in [1.165, 1.54) is 0 Å². The van der Waals surface area contributed by atoms with Gasteiger partial charge in [0.15, 0.2) is 0 Å². The summed E-state index contributed by atoms with van der Waals surface area (Å²) in [5.41, 5.74) is -0.497. The Bertz CT molecular complexity index is 446. The van der Waals surface area contributed by atoms with Gasteiger partial charge in [-0.1, -0.05) is 12.8 Å². The quantitative estimate of drug-likeness (QED) is 0.839. The fraction of sp³-hybridized carbons (Fsp3) is 0.882. The van der Waals surface area contributed by atoms with Crippen LogP contribution in [0.2, 0.25) is 0 Å². The molecule has 0 aromatic rings. The highest BCUT2D eigenvalue weighted by Crippen LogP contribution is 2.57. The van der Waals surface area contributed by atoms with E-state index in [0.717, 1.165) is 50.9 Å². The van der Waals surface area contributed by atoms with E-state index in [2.05, 4.69) is 10.6 Å². The number of alkyl carbamates (subject to hydrolysis) is 1. The predicted octanol–water partition coefficient (Wildman–Crippen LogP) is 2.74. The van der Waals surface area contributed by atoms with Gasteiger partial charge in [-0.3, -0.25) is 4.79 Å². The first-order chi connectivity index (χ1) is 10.3. The number of amides is 2. The molecule has 0 spiro atoms. The molecule has 0 radical (unpaired) electrons. The topological polar surface area (TPSA) is 67.4 Å². The zero-order valence-electron chi connectivity index (χ0n) is 13.9. The van der Waals surface area contributed by atoms with Crippen molar-refractivity contribution in [3.05, 3.63) is 0 Å². The van der Waals surface area contributed by atoms with E-state index in [9.17, 15) is 9.59 Å². The van der Waals surface area contributed by atoms with E-state index in [1.807, 2.05) is 20.8 Å². The molecule has 2 N–H and O–H groups in total. The van der Waals surface area contributed by atoms with Crippen molar-refractivity contribution in [1.29, 1.82) is 0 Å². The Balaban J connectivity index is 1.61. The molecule has 4 aliphatic rings. The molecular weight excluding hydrogens is 280 g/mol. The normalized spacial score (nSPS) is 31.7. The zero-order chi connectivity index (χ0) is 16.0. The summed E-state index contributed by atoms with van der Waals surface area (Å²) in [7, 11) is 0. The van der Waals surface area contributed by atoms with Crippen LogP contribution < -0.4 is 10.6 Å². The van der Waals surface area contributed by atoms with Crippen LogP contribution in [0.3, 0.4) is 0 Å². The van der Waals surface area contributed by atoms with E-state index in [-0.39, 0.29) is 17.4 Å². The van der Waals surface area contributed by atoms with Gasteiger partial charge in [0.1, 0.15) is 11.6 Å². The Morgan fingerprint density at radius 1 is 1.14 bits per heavy atom. The third kappa shape index (κ3) is 3.23. The summed E-state index contributed by atoms with van der Waals surface area (Å²) in [5, 5.41) is 6.02. The SMILES string of the molecule is CC(C)(C)OC(=O)N[C@H](C(=O)NC12CC(C1)C2)C1CCCC1. The van der Waals surface area contributed by atoms with Gasteiger partial charge in [-0.2, -0.15) is 0 Å². The lowest BCUT2D eigenvalue weighted by atomic mass is 9.50. The first-order valence-electron chi connectivity index (χ1n) is 8.58. The predicted molar refractivity (Wildman–Crippen MR) is 83.3 cm³/mol. The van der Waals surface area contributed by atoms with Gasteiger partial charge in [-0.25, -0.2) is 4.79 Å². The smallest absolute Gasteiger partial charge is 0.408 e. The number of hydrogen-bond acceptors (Lipinski definition) is 3. The van der Waals surface area contributed by atoms with Gasteiger partial charge in [0, 0.05) is 5.54 Å². The zero-order valence-corrected chi connectivity index (χ0v) is 13.9. The molecule has 0 heterocycles. The van der Waals surface area contributed by atoms with E-state index in [4.69, 9.17) is 4.74 Å². The van der Waals surface area contributed by atoms with Crippen molar-refractivity contribution in [1.82, 2.24) is 10.6 Å². The van der Waals surface area contributed by atoms with Gasteiger partial charge < -0.3 is 15.4 Å². The molecular formula is C17H28N2O3. The summed E-state index contributed by atoms with van der Waals surface area (Å²) in [6, 6.07) is -0.452. The minimum atomic E-state index is -0.547. The van der Waals surface area contributed by atoms with E-state index in [0.29, 0.717) is 0 Å². The molecule has 5 heteroatoms. The molecule has 0 unspecified atom stereocenters. The molecule has 22 heavy (non-hydrogen) atoms.